The van der Waals surface area contributed by atoms with Crippen molar-refractivity contribution in [2.24, 2.45) is 0 Å². The second-order valence-corrected chi connectivity index (χ2v) is 6.62. The summed E-state index contributed by atoms with van der Waals surface area (Å²) in [6.07, 6.45) is 5.98. The van der Waals surface area contributed by atoms with E-state index in [0.29, 0.717) is 12.2 Å². The molecule has 1 aromatic rings. The van der Waals surface area contributed by atoms with Crippen molar-refractivity contribution in [1.82, 2.24) is 4.90 Å². The van der Waals surface area contributed by atoms with Crippen LogP contribution < -0.4 is 9.47 Å². The van der Waals surface area contributed by atoms with Gasteiger partial charge in [-0.3, -0.25) is 4.79 Å². The Labute approximate surface area is 137 Å². The number of rotatable bonds is 2. The zero-order chi connectivity index (χ0) is 16.0. The lowest BCUT2D eigenvalue weighted by Gasteiger charge is -2.45. The van der Waals surface area contributed by atoms with Crippen LogP contribution in [-0.4, -0.2) is 31.4 Å². The van der Waals surface area contributed by atoms with E-state index in [1.807, 2.05) is 0 Å². The van der Waals surface area contributed by atoms with Crippen LogP contribution in [-0.2, 0) is 11.2 Å². The van der Waals surface area contributed by atoms with Crippen LogP contribution in [0.5, 0.6) is 11.5 Å². The lowest BCUT2D eigenvalue weighted by atomic mass is 9.80. The summed E-state index contributed by atoms with van der Waals surface area (Å²) >= 11 is 0. The highest BCUT2D eigenvalue weighted by Gasteiger charge is 2.38. The first-order chi connectivity index (χ1) is 11.2. The molecule has 0 aromatic heterocycles. The predicted octanol–water partition coefficient (Wildman–Crippen LogP) is 3.40. The van der Waals surface area contributed by atoms with Crippen molar-refractivity contribution in [3.63, 3.8) is 0 Å². The summed E-state index contributed by atoms with van der Waals surface area (Å²) in [7, 11) is 3.33. The highest BCUT2D eigenvalue weighted by atomic mass is 16.5. The molecule has 0 saturated carbocycles. The number of hydrogen-bond acceptors (Lipinski definition) is 4. The molecule has 1 aliphatic carbocycles. The Morgan fingerprint density at radius 3 is 2.57 bits per heavy atom. The quantitative estimate of drug-likeness (QED) is 0.839. The average molecular weight is 313 g/mol. The Balaban J connectivity index is 1.79. The fourth-order valence-electron chi connectivity index (χ4n) is 4.38. The first-order valence-corrected chi connectivity index (χ1v) is 8.49. The molecular formula is C19H23NO3. The Bertz CT molecular complexity index is 692. The standard InChI is InChI=1S/C19H23NO3/c1-22-18-9-12-7-8-20-15-6-4-3-5-13(15)17(21)11-16(20)14(12)10-19(18)23-2/h9-10,16H,3-8,11H2,1-2H3/t16-/m1/s1. The summed E-state index contributed by atoms with van der Waals surface area (Å²) in [5, 5.41) is 0. The maximum Gasteiger partial charge on any atom is 0.162 e. The molecule has 0 fully saturated rings. The van der Waals surface area contributed by atoms with Crippen molar-refractivity contribution in [2.75, 3.05) is 20.8 Å². The lowest BCUT2D eigenvalue weighted by Crippen LogP contribution is -2.41. The number of fused-ring (bicyclic) bond motifs is 4. The largest absolute Gasteiger partial charge is 0.493 e. The number of hydrogen-bond donors (Lipinski definition) is 0. The van der Waals surface area contributed by atoms with Gasteiger partial charge in [-0.05, 0) is 55.4 Å². The molecule has 122 valence electrons. The van der Waals surface area contributed by atoms with Gasteiger partial charge in [0.05, 0.1) is 20.3 Å². The Kier molecular flexibility index (Phi) is 3.55. The molecule has 1 atom stereocenters. The van der Waals surface area contributed by atoms with Gasteiger partial charge >= 0.3 is 0 Å². The van der Waals surface area contributed by atoms with Crippen LogP contribution in [0.3, 0.4) is 0 Å². The number of Topliss-reactive ketones (excluding diaryl/α,β-unsaturated/α-hetero) is 1. The van der Waals surface area contributed by atoms with E-state index >= 15 is 0 Å². The van der Waals surface area contributed by atoms with Crippen LogP contribution in [0.1, 0.15) is 49.3 Å². The highest BCUT2D eigenvalue weighted by molar-refractivity contribution is 5.97. The Hall–Kier alpha value is -1.97. The molecule has 0 saturated heterocycles. The van der Waals surface area contributed by atoms with Gasteiger partial charge in [-0.2, -0.15) is 0 Å². The summed E-state index contributed by atoms with van der Waals surface area (Å²) in [5.41, 5.74) is 4.95. The minimum atomic E-state index is 0.169. The van der Waals surface area contributed by atoms with E-state index in [1.165, 1.54) is 23.2 Å². The van der Waals surface area contributed by atoms with E-state index in [4.69, 9.17) is 9.47 Å². The number of carbonyl (C=O) groups excluding carboxylic acids is 1. The highest BCUT2D eigenvalue weighted by Crippen LogP contribution is 2.46. The minimum absolute atomic E-state index is 0.169. The van der Waals surface area contributed by atoms with Gasteiger partial charge in [0.15, 0.2) is 17.3 Å². The minimum Gasteiger partial charge on any atom is -0.493 e. The van der Waals surface area contributed by atoms with Gasteiger partial charge in [-0.25, -0.2) is 0 Å². The van der Waals surface area contributed by atoms with E-state index in [-0.39, 0.29) is 6.04 Å². The van der Waals surface area contributed by atoms with Crippen LogP contribution in [0.25, 0.3) is 0 Å². The van der Waals surface area contributed by atoms with E-state index in [1.54, 1.807) is 14.2 Å². The smallest absolute Gasteiger partial charge is 0.162 e. The van der Waals surface area contributed by atoms with E-state index < -0.39 is 0 Å². The van der Waals surface area contributed by atoms with E-state index in [2.05, 4.69) is 17.0 Å². The van der Waals surface area contributed by atoms with Crippen LogP contribution in [0.15, 0.2) is 23.4 Å². The molecule has 1 aromatic carbocycles. The van der Waals surface area contributed by atoms with E-state index in [0.717, 1.165) is 49.3 Å². The summed E-state index contributed by atoms with van der Waals surface area (Å²) in [6.45, 7) is 0.999. The molecule has 2 aliphatic heterocycles. The lowest BCUT2D eigenvalue weighted by molar-refractivity contribution is -0.118. The van der Waals surface area contributed by atoms with Gasteiger partial charge in [0.2, 0.25) is 0 Å². The zero-order valence-electron chi connectivity index (χ0n) is 13.9. The van der Waals surface area contributed by atoms with Gasteiger partial charge in [-0.15, -0.1) is 0 Å². The fraction of sp³-hybridized carbons (Fsp3) is 0.526. The first kappa shape index (κ1) is 14.6. The monoisotopic (exact) mass is 313 g/mol. The normalized spacial score (nSPS) is 23.1. The second-order valence-electron chi connectivity index (χ2n) is 6.62. The van der Waals surface area contributed by atoms with Gasteiger partial charge in [0.25, 0.3) is 0 Å². The molecule has 2 heterocycles. The average Bonchev–Trinajstić information content (AvgIpc) is 2.60. The first-order valence-electron chi connectivity index (χ1n) is 8.49. The van der Waals surface area contributed by atoms with Crippen molar-refractivity contribution in [2.45, 2.75) is 44.6 Å². The number of nitrogens with zero attached hydrogens (tertiary/aromatic N) is 1. The molecule has 0 N–H and O–H groups in total. The molecule has 4 heteroatoms. The molecule has 0 radical (unpaired) electrons. The maximum absolute atomic E-state index is 12.6. The van der Waals surface area contributed by atoms with Gasteiger partial charge < -0.3 is 14.4 Å². The van der Waals surface area contributed by atoms with Gasteiger partial charge in [0, 0.05) is 24.2 Å². The molecule has 0 unspecified atom stereocenters. The SMILES string of the molecule is COc1cc2c(cc1OC)[C@H]1CC(=O)C3=C(CCCC3)N1CC2. The van der Waals surface area contributed by atoms with Crippen molar-refractivity contribution >= 4 is 5.78 Å². The van der Waals surface area contributed by atoms with Crippen molar-refractivity contribution < 1.29 is 14.3 Å². The fourth-order valence-corrected chi connectivity index (χ4v) is 4.38. The third kappa shape index (κ3) is 2.23. The van der Waals surface area contributed by atoms with Gasteiger partial charge in [-0.1, -0.05) is 0 Å². The summed E-state index contributed by atoms with van der Waals surface area (Å²) in [6, 6.07) is 4.33. The zero-order valence-corrected chi connectivity index (χ0v) is 13.9. The third-order valence-corrected chi connectivity index (χ3v) is 5.50. The summed E-state index contributed by atoms with van der Waals surface area (Å²) < 4.78 is 10.9. The Morgan fingerprint density at radius 1 is 1.04 bits per heavy atom. The van der Waals surface area contributed by atoms with Crippen molar-refractivity contribution in [3.05, 3.63) is 34.5 Å². The summed E-state index contributed by atoms with van der Waals surface area (Å²) in [4.78, 5) is 15.1. The molecule has 3 aliphatic rings. The number of allylic oxidation sites excluding steroid dienone is 2. The number of benzene rings is 1. The third-order valence-electron chi connectivity index (χ3n) is 5.50. The molecule has 23 heavy (non-hydrogen) atoms. The number of methoxy groups -OCH3 is 2. The maximum atomic E-state index is 12.6. The Morgan fingerprint density at radius 2 is 1.78 bits per heavy atom. The predicted molar refractivity (Wildman–Crippen MR) is 87.8 cm³/mol. The van der Waals surface area contributed by atoms with Crippen molar-refractivity contribution in [3.8, 4) is 11.5 Å². The van der Waals surface area contributed by atoms with Crippen LogP contribution in [0, 0.1) is 0 Å². The van der Waals surface area contributed by atoms with Gasteiger partial charge in [0.1, 0.15) is 0 Å². The summed E-state index contributed by atoms with van der Waals surface area (Å²) in [5.74, 6) is 1.88. The molecule has 4 nitrogen and oxygen atoms in total. The molecule has 0 amide bonds. The van der Waals surface area contributed by atoms with Crippen LogP contribution in [0.2, 0.25) is 0 Å². The van der Waals surface area contributed by atoms with Crippen LogP contribution >= 0.6 is 0 Å². The number of ether oxygens (including phenoxy) is 2. The topological polar surface area (TPSA) is 38.8 Å². The molecule has 0 bridgehead atoms. The van der Waals surface area contributed by atoms with E-state index in [9.17, 15) is 4.79 Å². The van der Waals surface area contributed by atoms with Crippen LogP contribution in [0.4, 0.5) is 0 Å². The molecule has 4 rings (SSSR count). The molecular weight excluding hydrogens is 290 g/mol. The number of carbonyl (C=O) groups is 1. The van der Waals surface area contributed by atoms with Crippen molar-refractivity contribution in [1.29, 1.82) is 0 Å². The number of ketones is 1. The second kappa shape index (κ2) is 5.59. The molecule has 0 spiro atoms.